The second-order valence-corrected chi connectivity index (χ2v) is 5.38. The van der Waals surface area contributed by atoms with Crippen LogP contribution in [0.2, 0.25) is 10.0 Å². The van der Waals surface area contributed by atoms with Crippen LogP contribution in [0.1, 0.15) is 11.6 Å². The molecule has 0 radical (unpaired) electrons. The summed E-state index contributed by atoms with van der Waals surface area (Å²) in [5, 5.41) is 10.6. The fourth-order valence-corrected chi connectivity index (χ4v) is 2.66. The molecule has 0 saturated carbocycles. The van der Waals surface area contributed by atoms with E-state index < -0.39 is 0 Å². The molecule has 0 N–H and O–H groups in total. The van der Waals surface area contributed by atoms with Crippen LogP contribution < -0.4 is 0 Å². The van der Waals surface area contributed by atoms with Gasteiger partial charge in [-0.1, -0.05) is 29.3 Å². The zero-order valence-electron chi connectivity index (χ0n) is 10.2. The van der Waals surface area contributed by atoms with Crippen LogP contribution >= 0.6 is 23.2 Å². The van der Waals surface area contributed by atoms with Gasteiger partial charge in [-0.2, -0.15) is 5.26 Å². The molecule has 1 aliphatic rings. The van der Waals surface area contributed by atoms with E-state index in [-0.39, 0.29) is 6.04 Å². The number of nitrogens with zero attached hydrogens (tertiary/aromatic N) is 3. The Kier molecular flexibility index (Phi) is 4.47. The molecule has 0 bridgehead atoms. The molecule has 1 atom stereocenters. The van der Waals surface area contributed by atoms with Crippen LogP contribution in [0.15, 0.2) is 18.2 Å². The molecule has 1 fully saturated rings. The van der Waals surface area contributed by atoms with Crippen molar-refractivity contribution in [3.8, 4) is 6.07 Å². The third kappa shape index (κ3) is 2.96. The Morgan fingerprint density at radius 1 is 1.22 bits per heavy atom. The van der Waals surface area contributed by atoms with E-state index in [1.807, 2.05) is 6.07 Å². The van der Waals surface area contributed by atoms with Crippen LogP contribution in [0.25, 0.3) is 0 Å². The fourth-order valence-electron chi connectivity index (χ4n) is 2.15. The Labute approximate surface area is 117 Å². The lowest BCUT2D eigenvalue weighted by molar-refractivity contribution is 0.133. The average molecular weight is 284 g/mol. The van der Waals surface area contributed by atoms with Crippen molar-refractivity contribution in [3.63, 3.8) is 0 Å². The molecule has 1 unspecified atom stereocenters. The molecule has 0 amide bonds. The van der Waals surface area contributed by atoms with Gasteiger partial charge in [0.25, 0.3) is 0 Å². The number of halogens is 2. The van der Waals surface area contributed by atoms with Crippen LogP contribution in [0.3, 0.4) is 0 Å². The summed E-state index contributed by atoms with van der Waals surface area (Å²) < 4.78 is 0. The van der Waals surface area contributed by atoms with Gasteiger partial charge in [0, 0.05) is 41.8 Å². The topological polar surface area (TPSA) is 30.3 Å². The number of rotatable bonds is 2. The van der Waals surface area contributed by atoms with Crippen molar-refractivity contribution in [3.05, 3.63) is 33.8 Å². The highest BCUT2D eigenvalue weighted by molar-refractivity contribution is 6.35. The first-order valence-corrected chi connectivity index (χ1v) is 6.64. The highest BCUT2D eigenvalue weighted by Gasteiger charge is 2.25. The maximum absolute atomic E-state index is 9.39. The van der Waals surface area contributed by atoms with E-state index in [2.05, 4.69) is 22.9 Å². The van der Waals surface area contributed by atoms with Gasteiger partial charge >= 0.3 is 0 Å². The predicted octanol–water partition coefficient (Wildman–Crippen LogP) is 2.81. The summed E-state index contributed by atoms with van der Waals surface area (Å²) in [4.78, 5) is 4.42. The van der Waals surface area contributed by atoms with Crippen molar-refractivity contribution < 1.29 is 0 Å². The van der Waals surface area contributed by atoms with E-state index in [0.717, 1.165) is 31.7 Å². The van der Waals surface area contributed by atoms with Gasteiger partial charge in [-0.05, 0) is 19.2 Å². The van der Waals surface area contributed by atoms with Gasteiger partial charge in [0.05, 0.1) is 6.07 Å². The monoisotopic (exact) mass is 283 g/mol. The van der Waals surface area contributed by atoms with E-state index in [1.165, 1.54) is 0 Å². The summed E-state index contributed by atoms with van der Waals surface area (Å²) in [6, 6.07) is 7.37. The lowest BCUT2D eigenvalue weighted by Gasteiger charge is -2.35. The molecule has 0 aliphatic carbocycles. The van der Waals surface area contributed by atoms with Crippen molar-refractivity contribution in [2.24, 2.45) is 0 Å². The minimum absolute atomic E-state index is 0.288. The summed E-state index contributed by atoms with van der Waals surface area (Å²) in [7, 11) is 2.09. The largest absolute Gasteiger partial charge is 0.304 e. The Bertz CT molecular complexity index is 462. The molecule has 2 rings (SSSR count). The maximum atomic E-state index is 9.39. The second kappa shape index (κ2) is 5.90. The van der Waals surface area contributed by atoms with Crippen LogP contribution in [0, 0.1) is 11.3 Å². The molecule has 1 saturated heterocycles. The van der Waals surface area contributed by atoms with Gasteiger partial charge in [0.2, 0.25) is 0 Å². The molecule has 1 aromatic rings. The number of likely N-dealkylation sites (N-methyl/N-ethyl adjacent to an activating group) is 1. The van der Waals surface area contributed by atoms with Crippen LogP contribution in [-0.2, 0) is 0 Å². The van der Waals surface area contributed by atoms with Gasteiger partial charge in [0.15, 0.2) is 0 Å². The molecule has 5 heteroatoms. The van der Waals surface area contributed by atoms with Gasteiger partial charge in [-0.15, -0.1) is 0 Å². The highest BCUT2D eigenvalue weighted by Crippen LogP contribution is 2.30. The van der Waals surface area contributed by atoms with Crippen molar-refractivity contribution in [1.29, 1.82) is 5.26 Å². The average Bonchev–Trinajstić information content (AvgIpc) is 2.35. The number of piperazine rings is 1. The van der Waals surface area contributed by atoms with Crippen molar-refractivity contribution in [2.75, 3.05) is 33.2 Å². The Morgan fingerprint density at radius 2 is 1.89 bits per heavy atom. The first kappa shape index (κ1) is 13.6. The standard InChI is InChI=1S/C13H15Cl2N3/c1-17-4-6-18(7-5-17)13(9-16)11-3-2-10(14)8-12(11)15/h2-3,8,13H,4-7H2,1H3. The van der Waals surface area contributed by atoms with Crippen LogP contribution in [0.5, 0.6) is 0 Å². The van der Waals surface area contributed by atoms with Gasteiger partial charge in [-0.25, -0.2) is 0 Å². The third-order valence-corrected chi connectivity index (χ3v) is 3.84. The molecule has 1 aromatic carbocycles. The number of nitriles is 1. The summed E-state index contributed by atoms with van der Waals surface area (Å²) in [6.07, 6.45) is 0. The smallest absolute Gasteiger partial charge is 0.125 e. The lowest BCUT2D eigenvalue weighted by atomic mass is 10.1. The van der Waals surface area contributed by atoms with Crippen LogP contribution in [0.4, 0.5) is 0 Å². The van der Waals surface area contributed by atoms with E-state index in [4.69, 9.17) is 23.2 Å². The van der Waals surface area contributed by atoms with Crippen molar-refractivity contribution in [1.82, 2.24) is 9.80 Å². The number of hydrogen-bond donors (Lipinski definition) is 0. The molecular weight excluding hydrogens is 269 g/mol. The molecule has 1 heterocycles. The molecule has 3 nitrogen and oxygen atoms in total. The summed E-state index contributed by atoms with van der Waals surface area (Å²) in [6.45, 7) is 3.72. The predicted molar refractivity (Wildman–Crippen MR) is 73.9 cm³/mol. The third-order valence-electron chi connectivity index (χ3n) is 3.28. The maximum Gasteiger partial charge on any atom is 0.125 e. The van der Waals surface area contributed by atoms with E-state index in [9.17, 15) is 5.26 Å². The van der Waals surface area contributed by atoms with E-state index >= 15 is 0 Å². The quantitative estimate of drug-likeness (QED) is 0.836. The van der Waals surface area contributed by atoms with Crippen LogP contribution in [-0.4, -0.2) is 43.0 Å². The Hall–Kier alpha value is -0.790. The van der Waals surface area contributed by atoms with E-state index in [1.54, 1.807) is 12.1 Å². The Morgan fingerprint density at radius 3 is 2.44 bits per heavy atom. The summed E-state index contributed by atoms with van der Waals surface area (Å²) >= 11 is 12.1. The fraction of sp³-hybridized carbons (Fsp3) is 0.462. The van der Waals surface area contributed by atoms with E-state index in [0.29, 0.717) is 10.0 Å². The summed E-state index contributed by atoms with van der Waals surface area (Å²) in [5.41, 5.74) is 0.841. The van der Waals surface area contributed by atoms with Gasteiger partial charge < -0.3 is 4.90 Å². The minimum Gasteiger partial charge on any atom is -0.304 e. The Balaban J connectivity index is 2.21. The molecule has 0 spiro atoms. The highest BCUT2D eigenvalue weighted by atomic mass is 35.5. The zero-order chi connectivity index (χ0) is 13.1. The number of hydrogen-bond acceptors (Lipinski definition) is 3. The number of benzene rings is 1. The van der Waals surface area contributed by atoms with Crippen molar-refractivity contribution >= 4 is 23.2 Å². The molecular formula is C13H15Cl2N3. The van der Waals surface area contributed by atoms with Gasteiger partial charge in [-0.3, -0.25) is 4.90 Å². The molecule has 96 valence electrons. The normalized spacial score (nSPS) is 19.4. The first-order chi connectivity index (χ1) is 8.61. The molecule has 1 aliphatic heterocycles. The zero-order valence-corrected chi connectivity index (χ0v) is 11.7. The lowest BCUT2D eigenvalue weighted by Crippen LogP contribution is -2.45. The van der Waals surface area contributed by atoms with Gasteiger partial charge in [0.1, 0.15) is 6.04 Å². The summed E-state index contributed by atoms with van der Waals surface area (Å²) in [5.74, 6) is 0. The second-order valence-electron chi connectivity index (χ2n) is 4.54. The minimum atomic E-state index is -0.288. The first-order valence-electron chi connectivity index (χ1n) is 5.89. The molecule has 0 aromatic heterocycles. The molecule has 18 heavy (non-hydrogen) atoms. The van der Waals surface area contributed by atoms with Crippen molar-refractivity contribution in [2.45, 2.75) is 6.04 Å². The SMILES string of the molecule is CN1CCN(C(C#N)c2ccc(Cl)cc2Cl)CC1.